The van der Waals surface area contributed by atoms with Gasteiger partial charge in [-0.1, -0.05) is 0 Å². The topological polar surface area (TPSA) is 139 Å². The Morgan fingerprint density at radius 1 is 1.29 bits per heavy atom. The molecule has 0 heterocycles. The fourth-order valence-corrected chi connectivity index (χ4v) is 1.25. The number of phosphoric ester groups is 1. The molecule has 0 saturated carbocycles. The molecule has 0 aliphatic rings. The summed E-state index contributed by atoms with van der Waals surface area (Å²) in [5, 5.41) is 8.89. The second-order valence-electron chi connectivity index (χ2n) is 2.50. The molecule has 2 unspecified atom stereocenters. The van der Waals surface area contributed by atoms with Gasteiger partial charge in [0.05, 0.1) is 21.0 Å². The van der Waals surface area contributed by atoms with E-state index >= 15 is 0 Å². The lowest BCUT2D eigenvalue weighted by Gasteiger charge is -2.29. The molecule has 0 aromatic heterocycles. The average molecular weight is 248 g/mol. The molecule has 2 atom stereocenters. The van der Waals surface area contributed by atoms with E-state index in [9.17, 15) is 18.9 Å². The summed E-state index contributed by atoms with van der Waals surface area (Å²) in [7, 11) is -8.86. The van der Waals surface area contributed by atoms with Crippen molar-refractivity contribution < 1.29 is 38.0 Å². The van der Waals surface area contributed by atoms with Crippen molar-refractivity contribution >= 4 is 15.4 Å². The van der Waals surface area contributed by atoms with Crippen LogP contribution in [0.2, 0.25) is 0 Å². The Morgan fingerprint density at radius 2 is 1.71 bits per heavy atom. The predicted molar refractivity (Wildman–Crippen MR) is 41.3 cm³/mol. The van der Waals surface area contributed by atoms with Crippen LogP contribution in [0, 0.1) is 0 Å². The summed E-state index contributed by atoms with van der Waals surface area (Å²) in [6.07, 6.45) is -1.45. The van der Waals surface area contributed by atoms with Crippen molar-refractivity contribution in [2.24, 2.45) is 0 Å². The Hall–Kier alpha value is 0.220. The Morgan fingerprint density at radius 3 is 2.07 bits per heavy atom. The maximum atomic E-state index is 10.5. The summed E-state index contributed by atoms with van der Waals surface area (Å²) < 4.78 is 28.4. The number of aliphatic hydroxyl groups is 1. The maximum absolute atomic E-state index is 10.5. The number of hydrogen-bond donors (Lipinski definition) is 2. The minimum atomic E-state index is -5.13. The predicted octanol–water partition coefficient (Wildman–Crippen LogP) is -1.98. The Bertz CT molecular complexity index is 226. The molecular formula is C4H10O8P2-2. The summed E-state index contributed by atoms with van der Waals surface area (Å²) in [5.74, 6) is 0. The van der Waals surface area contributed by atoms with Crippen molar-refractivity contribution in [3.05, 3.63) is 0 Å². The average Bonchev–Trinajstić information content (AvgIpc) is 1.94. The van der Waals surface area contributed by atoms with E-state index in [0.29, 0.717) is 0 Å². The highest BCUT2D eigenvalue weighted by Crippen LogP contribution is 2.36. The molecule has 0 spiro atoms. The largest absolute Gasteiger partial charge is 0.790 e. The molecule has 0 rings (SSSR count). The van der Waals surface area contributed by atoms with Crippen LogP contribution >= 0.6 is 15.4 Å². The van der Waals surface area contributed by atoms with Gasteiger partial charge in [-0.2, -0.15) is 0 Å². The van der Waals surface area contributed by atoms with Gasteiger partial charge in [-0.3, -0.25) is 4.57 Å². The van der Waals surface area contributed by atoms with Crippen LogP contribution in [0.25, 0.3) is 0 Å². The highest BCUT2D eigenvalue weighted by atomic mass is 31.2. The van der Waals surface area contributed by atoms with E-state index in [1.807, 2.05) is 0 Å². The van der Waals surface area contributed by atoms with Crippen molar-refractivity contribution in [2.45, 2.75) is 6.10 Å². The summed E-state index contributed by atoms with van der Waals surface area (Å²) >= 11 is 0. The van der Waals surface area contributed by atoms with Gasteiger partial charge < -0.3 is 33.4 Å². The minimum absolute atomic E-state index is 0.593. The van der Waals surface area contributed by atoms with E-state index in [2.05, 4.69) is 9.05 Å². The maximum Gasteiger partial charge on any atom is 0.325 e. The number of aliphatic hydroxyl groups excluding tert-OH is 1. The first-order valence-electron chi connectivity index (χ1n) is 3.39. The zero-order chi connectivity index (χ0) is 11.4. The van der Waals surface area contributed by atoms with Gasteiger partial charge in [-0.25, -0.2) is 0 Å². The first-order valence-corrected chi connectivity index (χ1v) is 6.88. The molecule has 14 heavy (non-hydrogen) atoms. The van der Waals surface area contributed by atoms with Gasteiger partial charge in [0.2, 0.25) is 0 Å². The highest BCUT2D eigenvalue weighted by Gasteiger charge is 2.14. The Balaban J connectivity index is 3.73. The Labute approximate surface area is 80.3 Å². The van der Waals surface area contributed by atoms with Crippen LogP contribution in [-0.4, -0.2) is 36.0 Å². The van der Waals surface area contributed by atoms with E-state index in [-0.39, 0.29) is 0 Å². The third kappa shape index (κ3) is 10.3. The molecule has 0 aliphatic carbocycles. The van der Waals surface area contributed by atoms with Gasteiger partial charge in [0.25, 0.3) is 0 Å². The molecule has 0 aromatic rings. The normalized spacial score (nSPS) is 18.9. The smallest absolute Gasteiger partial charge is 0.325 e. The van der Waals surface area contributed by atoms with E-state index in [4.69, 9.17) is 10.00 Å². The zero-order valence-electron chi connectivity index (χ0n) is 7.23. The number of rotatable bonds is 6. The molecule has 0 radical (unpaired) electrons. The fraction of sp³-hybridized carbons (Fsp3) is 1.00. The van der Waals surface area contributed by atoms with E-state index in [1.54, 1.807) is 0 Å². The zero-order valence-corrected chi connectivity index (χ0v) is 9.02. The van der Waals surface area contributed by atoms with Crippen LogP contribution < -0.4 is 9.79 Å². The quantitative estimate of drug-likeness (QED) is 0.515. The fourth-order valence-electron chi connectivity index (χ4n) is 0.450. The number of phosphoric acid groups is 1. The molecule has 0 saturated heterocycles. The summed E-state index contributed by atoms with van der Waals surface area (Å²) in [6.45, 7) is -0.499. The van der Waals surface area contributed by atoms with E-state index < -0.39 is 34.7 Å². The van der Waals surface area contributed by atoms with Crippen molar-refractivity contribution in [3.63, 3.8) is 0 Å². The van der Waals surface area contributed by atoms with E-state index in [1.165, 1.54) is 0 Å². The lowest BCUT2D eigenvalue weighted by Crippen LogP contribution is -2.25. The molecule has 8 nitrogen and oxygen atoms in total. The van der Waals surface area contributed by atoms with Crippen LogP contribution in [0.15, 0.2) is 0 Å². The standard InChI is InChI=1S/C4H12O8P2/c1-13(6,7)11-2-4(5)3-12-14(8,9)10/h4-5H,2-3H2,1H3,(H,6,7)(H2,8,9,10)/p-2. The molecule has 2 N–H and O–H groups in total. The molecule has 0 aliphatic heterocycles. The van der Waals surface area contributed by atoms with E-state index in [0.717, 1.165) is 6.66 Å². The molecule has 0 fully saturated rings. The van der Waals surface area contributed by atoms with Crippen molar-refractivity contribution in [1.82, 2.24) is 0 Å². The summed E-state index contributed by atoms with van der Waals surface area (Å²) in [6, 6.07) is 0. The van der Waals surface area contributed by atoms with Crippen molar-refractivity contribution in [2.75, 3.05) is 19.9 Å². The van der Waals surface area contributed by atoms with Gasteiger partial charge in [0, 0.05) is 6.66 Å². The second-order valence-corrected chi connectivity index (χ2v) is 5.51. The van der Waals surface area contributed by atoms with Gasteiger partial charge in [0.15, 0.2) is 0 Å². The molecule has 86 valence electrons. The molecule has 0 bridgehead atoms. The van der Waals surface area contributed by atoms with Crippen LogP contribution in [-0.2, 0) is 18.2 Å². The van der Waals surface area contributed by atoms with Gasteiger partial charge >= 0.3 is 7.60 Å². The molecule has 0 aromatic carbocycles. The second kappa shape index (κ2) is 5.34. The third-order valence-electron chi connectivity index (χ3n) is 0.931. The third-order valence-corrected chi connectivity index (χ3v) is 2.02. The summed E-state index contributed by atoms with van der Waals surface area (Å²) in [4.78, 5) is 28.5. The first kappa shape index (κ1) is 14.2. The van der Waals surface area contributed by atoms with Crippen molar-refractivity contribution in [1.29, 1.82) is 0 Å². The molecule has 0 amide bonds. The lowest BCUT2D eigenvalue weighted by molar-refractivity contribution is -0.342. The molecular weight excluding hydrogens is 238 g/mol. The van der Waals surface area contributed by atoms with Crippen LogP contribution in [0.4, 0.5) is 0 Å². The van der Waals surface area contributed by atoms with Crippen LogP contribution in [0.3, 0.4) is 0 Å². The highest BCUT2D eigenvalue weighted by molar-refractivity contribution is 7.51. The van der Waals surface area contributed by atoms with Gasteiger partial charge in [0.1, 0.15) is 6.10 Å². The summed E-state index contributed by atoms with van der Waals surface area (Å²) in [5.41, 5.74) is 0. The SMILES string of the molecule is CP(=O)(O)OCC(O)COP(=O)([O-])[O-]. The first-order chi connectivity index (χ1) is 6.10. The lowest BCUT2D eigenvalue weighted by atomic mass is 10.4. The minimum Gasteiger partial charge on any atom is -0.790 e. The van der Waals surface area contributed by atoms with Crippen molar-refractivity contribution in [3.8, 4) is 0 Å². The number of hydrogen-bond acceptors (Lipinski definition) is 7. The van der Waals surface area contributed by atoms with Gasteiger partial charge in [-0.05, 0) is 0 Å². The molecule has 10 heteroatoms. The van der Waals surface area contributed by atoms with Gasteiger partial charge in [-0.15, -0.1) is 0 Å². The Kier molecular flexibility index (Phi) is 5.43. The monoisotopic (exact) mass is 248 g/mol. The van der Waals surface area contributed by atoms with Crippen LogP contribution in [0.5, 0.6) is 0 Å². The van der Waals surface area contributed by atoms with Crippen LogP contribution in [0.1, 0.15) is 0 Å².